The Balaban J connectivity index is 2.19. The van der Waals surface area contributed by atoms with Gasteiger partial charge < -0.3 is 14.9 Å². The summed E-state index contributed by atoms with van der Waals surface area (Å²) in [6, 6.07) is 0. The van der Waals surface area contributed by atoms with Crippen molar-refractivity contribution >= 4 is 11.8 Å². The fourth-order valence-corrected chi connectivity index (χ4v) is 6.90. The summed E-state index contributed by atoms with van der Waals surface area (Å²) in [5, 5.41) is 20.7. The number of hydrogen-bond donors (Lipinski definition) is 2. The van der Waals surface area contributed by atoms with Gasteiger partial charge in [-0.05, 0) is 54.8 Å². The lowest BCUT2D eigenvalue weighted by atomic mass is 9.43. The smallest absolute Gasteiger partial charge is 0.332 e. The van der Waals surface area contributed by atoms with Gasteiger partial charge in [-0.15, -0.1) is 0 Å². The molecule has 3 aliphatic rings. The van der Waals surface area contributed by atoms with Crippen LogP contribution in [0.4, 0.5) is 0 Å². The Morgan fingerprint density at radius 2 is 1.93 bits per heavy atom. The summed E-state index contributed by atoms with van der Waals surface area (Å²) in [5.74, 6) is -0.320. The Kier molecular flexibility index (Phi) is 5.26. The van der Waals surface area contributed by atoms with Gasteiger partial charge in [0.25, 0.3) is 0 Å². The molecule has 0 spiro atoms. The average molecular weight is 381 g/mol. The van der Waals surface area contributed by atoms with E-state index in [1.54, 1.807) is 0 Å². The molecule has 0 aromatic carbocycles. The summed E-state index contributed by atoms with van der Waals surface area (Å²) >= 11 is 0. The van der Waals surface area contributed by atoms with Crippen LogP contribution in [0.25, 0.3) is 0 Å². The van der Waals surface area contributed by atoms with Crippen LogP contribution in [0.3, 0.4) is 0 Å². The van der Waals surface area contributed by atoms with E-state index in [1.807, 2.05) is 0 Å². The van der Waals surface area contributed by atoms with Gasteiger partial charge in [-0.2, -0.15) is 0 Å². The highest BCUT2D eigenvalue weighted by molar-refractivity contribution is 5.85. The summed E-state index contributed by atoms with van der Waals surface area (Å²) in [6.07, 6.45) is 3.53. The number of Topliss-reactive ketones (excluding diaryl/α,β-unsaturated/α-hetero) is 1. The summed E-state index contributed by atoms with van der Waals surface area (Å²) in [5.41, 5.74) is -1.10. The van der Waals surface area contributed by atoms with Gasteiger partial charge in [0.2, 0.25) is 0 Å². The molecule has 0 heterocycles. The van der Waals surface area contributed by atoms with E-state index in [1.165, 1.54) is 0 Å². The van der Waals surface area contributed by atoms with Gasteiger partial charge in [0, 0.05) is 17.8 Å². The van der Waals surface area contributed by atoms with Crippen molar-refractivity contribution < 1.29 is 24.5 Å². The van der Waals surface area contributed by atoms with Crippen LogP contribution in [-0.2, 0) is 14.3 Å². The maximum atomic E-state index is 13.1. The normalized spacial score (nSPS) is 49.9. The molecule has 0 amide bonds. The van der Waals surface area contributed by atoms with E-state index < -0.39 is 35.6 Å². The Morgan fingerprint density at radius 1 is 1.26 bits per heavy atom. The van der Waals surface area contributed by atoms with E-state index >= 15 is 0 Å². The second kappa shape index (κ2) is 6.84. The van der Waals surface area contributed by atoms with Crippen molar-refractivity contribution in [3.63, 3.8) is 0 Å². The third-order valence-corrected chi connectivity index (χ3v) is 9.11. The lowest BCUT2D eigenvalue weighted by Crippen LogP contribution is -2.63. The van der Waals surface area contributed by atoms with Crippen molar-refractivity contribution in [2.24, 2.45) is 34.0 Å². The highest BCUT2D eigenvalue weighted by Gasteiger charge is 2.68. The third kappa shape index (κ3) is 2.79. The molecule has 27 heavy (non-hydrogen) atoms. The minimum absolute atomic E-state index is 0.0280. The van der Waals surface area contributed by atoms with Crippen molar-refractivity contribution in [2.75, 3.05) is 6.61 Å². The van der Waals surface area contributed by atoms with E-state index in [2.05, 4.69) is 34.6 Å². The maximum absolute atomic E-state index is 13.1. The van der Waals surface area contributed by atoms with Crippen LogP contribution in [0.15, 0.2) is 0 Å². The van der Waals surface area contributed by atoms with Crippen LogP contribution in [0, 0.1) is 34.0 Å². The first-order chi connectivity index (χ1) is 12.6. The number of ketones is 1. The van der Waals surface area contributed by atoms with Crippen LogP contribution in [0.5, 0.6) is 0 Å². The molecule has 0 radical (unpaired) electrons. The van der Waals surface area contributed by atoms with Crippen LogP contribution < -0.4 is 0 Å². The van der Waals surface area contributed by atoms with E-state index in [0.717, 1.165) is 25.7 Å². The summed E-state index contributed by atoms with van der Waals surface area (Å²) < 4.78 is 5.82. The Bertz CT molecular complexity index is 618. The largest absolute Gasteiger partial charge is 0.460 e. The summed E-state index contributed by atoms with van der Waals surface area (Å²) in [4.78, 5) is 25.2. The molecule has 0 saturated heterocycles. The number of hydrogen-bond acceptors (Lipinski definition) is 5. The average Bonchev–Trinajstić information content (AvgIpc) is 3.00. The number of carbonyl (C=O) groups excluding carboxylic acids is 2. The Labute approximate surface area is 162 Å². The topological polar surface area (TPSA) is 83.8 Å². The molecule has 0 aromatic rings. The molecule has 3 saturated carbocycles. The van der Waals surface area contributed by atoms with Crippen LogP contribution >= 0.6 is 0 Å². The molecule has 5 heteroatoms. The second-order valence-corrected chi connectivity index (χ2v) is 10.0. The number of carbonyl (C=O) groups is 2. The quantitative estimate of drug-likeness (QED) is 0.735. The minimum atomic E-state index is -0.660. The molecular formula is C22H36O5. The molecule has 0 aromatic heterocycles. The van der Waals surface area contributed by atoms with Gasteiger partial charge in [-0.1, -0.05) is 34.6 Å². The number of rotatable bonds is 3. The lowest BCUT2D eigenvalue weighted by molar-refractivity contribution is -0.213. The highest BCUT2D eigenvalue weighted by atomic mass is 16.6. The number of esters is 1. The van der Waals surface area contributed by atoms with Gasteiger partial charge in [-0.25, -0.2) is 4.79 Å². The predicted octanol–water partition coefficient (Wildman–Crippen LogP) is 3.11. The van der Waals surface area contributed by atoms with Crippen LogP contribution in [0.1, 0.15) is 73.1 Å². The monoisotopic (exact) mass is 380 g/mol. The summed E-state index contributed by atoms with van der Waals surface area (Å²) in [6.45, 7) is 9.90. The number of aliphatic hydroxyl groups is 2. The zero-order valence-corrected chi connectivity index (χ0v) is 17.5. The van der Waals surface area contributed by atoms with Gasteiger partial charge in [0.15, 0.2) is 0 Å². The first-order valence-corrected chi connectivity index (χ1v) is 10.6. The molecule has 3 rings (SSSR count). The van der Waals surface area contributed by atoms with Gasteiger partial charge in [-0.3, -0.25) is 4.79 Å². The second-order valence-electron chi connectivity index (χ2n) is 10.0. The van der Waals surface area contributed by atoms with Crippen LogP contribution in [-0.4, -0.2) is 40.8 Å². The first-order valence-electron chi connectivity index (χ1n) is 10.6. The molecule has 5 nitrogen and oxygen atoms in total. The molecule has 2 N–H and O–H groups in total. The Morgan fingerprint density at radius 3 is 2.52 bits per heavy atom. The molecule has 8 atom stereocenters. The van der Waals surface area contributed by atoms with E-state index in [-0.39, 0.29) is 29.0 Å². The highest BCUT2D eigenvalue weighted by Crippen LogP contribution is 2.68. The number of aliphatic hydroxyl groups excluding tert-OH is 2. The van der Waals surface area contributed by atoms with Crippen molar-refractivity contribution in [3.05, 3.63) is 0 Å². The molecular weight excluding hydrogens is 344 g/mol. The van der Waals surface area contributed by atoms with Crippen molar-refractivity contribution in [1.29, 1.82) is 0 Å². The van der Waals surface area contributed by atoms with Crippen LogP contribution in [0.2, 0.25) is 0 Å². The van der Waals surface area contributed by atoms with Crippen molar-refractivity contribution in [2.45, 2.75) is 85.4 Å². The van der Waals surface area contributed by atoms with Crippen molar-refractivity contribution in [1.82, 2.24) is 0 Å². The van der Waals surface area contributed by atoms with E-state index in [9.17, 15) is 19.8 Å². The molecule has 3 fully saturated rings. The number of ether oxygens (including phenoxy) is 1. The molecule has 154 valence electrons. The van der Waals surface area contributed by atoms with Gasteiger partial charge >= 0.3 is 5.97 Å². The zero-order chi connectivity index (χ0) is 20.2. The SMILES string of the molecule is CC[C@]1(C)C[C@@H](OC(=O)CO)[C@]2(C)[C@H](C)CC[C@]3(CCC(=O)[C@H]32)[C@@H](C)[C@@H]1O. The van der Waals surface area contributed by atoms with E-state index in [0.29, 0.717) is 12.8 Å². The molecule has 0 unspecified atom stereocenters. The lowest BCUT2D eigenvalue weighted by Gasteiger charge is -2.62. The van der Waals surface area contributed by atoms with E-state index in [4.69, 9.17) is 4.74 Å². The first kappa shape index (κ1) is 20.8. The third-order valence-electron chi connectivity index (χ3n) is 9.11. The Hall–Kier alpha value is -0.940. The molecule has 0 aliphatic heterocycles. The zero-order valence-electron chi connectivity index (χ0n) is 17.5. The van der Waals surface area contributed by atoms with Gasteiger partial charge in [0.1, 0.15) is 18.5 Å². The minimum Gasteiger partial charge on any atom is -0.460 e. The fraction of sp³-hybridized carbons (Fsp3) is 0.909. The molecule has 2 bridgehead atoms. The standard InChI is InChI=1S/C22H36O5/c1-6-20(4)11-16(27-17(25)12-23)21(5)13(2)7-9-22(14(3)19(20)26)10-8-15(24)18(21)22/h13-14,16,18-19,23,26H,6-12H2,1-5H3/t13-,14+,16-,18+,19+,20-,21+,22+/m1/s1. The predicted molar refractivity (Wildman–Crippen MR) is 102 cm³/mol. The van der Waals surface area contributed by atoms with Crippen molar-refractivity contribution in [3.8, 4) is 0 Å². The van der Waals surface area contributed by atoms with Gasteiger partial charge in [0.05, 0.1) is 6.10 Å². The summed E-state index contributed by atoms with van der Waals surface area (Å²) in [7, 11) is 0. The fourth-order valence-electron chi connectivity index (χ4n) is 6.90. The maximum Gasteiger partial charge on any atom is 0.332 e. The molecule has 3 aliphatic carbocycles.